The number of nitro benzene ring substituents is 1. The molecule has 0 spiro atoms. The second-order valence-corrected chi connectivity index (χ2v) is 5.79. The molecule has 1 rings (SSSR count). The van der Waals surface area contributed by atoms with E-state index in [1.807, 2.05) is 6.92 Å². The number of benzene rings is 1. The number of sulfonamides is 1. The van der Waals surface area contributed by atoms with Gasteiger partial charge < -0.3 is 5.32 Å². The van der Waals surface area contributed by atoms with Crippen molar-refractivity contribution in [2.75, 3.05) is 19.6 Å². The zero-order valence-corrected chi connectivity index (χ0v) is 11.8. The maximum atomic E-state index is 12.0. The minimum Gasteiger partial charge on any atom is -0.316 e. The monoisotopic (exact) mass is 307 g/mol. The normalized spacial score (nSPS) is 11.5. The Morgan fingerprint density at radius 1 is 1.37 bits per heavy atom. The quantitative estimate of drug-likeness (QED) is 0.447. The zero-order chi connectivity index (χ0) is 14.5. The molecule has 1 aromatic rings. The van der Waals surface area contributed by atoms with E-state index in [0.717, 1.165) is 12.1 Å². The third-order valence-corrected chi connectivity index (χ3v) is 3.98. The molecule has 0 aliphatic heterocycles. The third-order valence-electron chi connectivity index (χ3n) is 2.25. The maximum absolute atomic E-state index is 12.0. The van der Waals surface area contributed by atoms with Crippen LogP contribution in [0.15, 0.2) is 23.1 Å². The van der Waals surface area contributed by atoms with Crippen LogP contribution in [-0.4, -0.2) is 33.0 Å². The van der Waals surface area contributed by atoms with Crippen molar-refractivity contribution in [1.29, 1.82) is 0 Å². The Morgan fingerprint density at radius 3 is 2.63 bits per heavy atom. The Kier molecular flexibility index (Phi) is 5.67. The lowest BCUT2D eigenvalue weighted by molar-refractivity contribution is -0.387. The van der Waals surface area contributed by atoms with Crippen LogP contribution in [0.1, 0.15) is 6.92 Å². The molecule has 9 heteroatoms. The van der Waals surface area contributed by atoms with Crippen molar-refractivity contribution in [3.05, 3.63) is 33.3 Å². The predicted octanol–water partition coefficient (Wildman–Crippen LogP) is 1.14. The Morgan fingerprint density at radius 2 is 2.05 bits per heavy atom. The van der Waals surface area contributed by atoms with Crippen molar-refractivity contribution >= 4 is 27.3 Å². The van der Waals surface area contributed by atoms with E-state index in [2.05, 4.69) is 10.0 Å². The van der Waals surface area contributed by atoms with E-state index in [9.17, 15) is 18.5 Å². The molecule has 7 nitrogen and oxygen atoms in total. The van der Waals surface area contributed by atoms with Gasteiger partial charge >= 0.3 is 0 Å². The average Bonchev–Trinajstić information content (AvgIpc) is 2.34. The first-order valence-electron chi connectivity index (χ1n) is 5.53. The summed E-state index contributed by atoms with van der Waals surface area (Å²) >= 11 is 5.68. The number of likely N-dealkylation sites (N-methyl/N-ethyl adjacent to an activating group) is 1. The van der Waals surface area contributed by atoms with Crippen LogP contribution in [0, 0.1) is 10.1 Å². The van der Waals surface area contributed by atoms with Crippen molar-refractivity contribution in [2.24, 2.45) is 0 Å². The van der Waals surface area contributed by atoms with Crippen LogP contribution < -0.4 is 10.0 Å². The molecule has 0 saturated carbocycles. The molecule has 0 radical (unpaired) electrons. The van der Waals surface area contributed by atoms with Gasteiger partial charge in [0, 0.05) is 24.2 Å². The maximum Gasteiger partial charge on any atom is 0.289 e. The number of halogens is 1. The molecule has 0 aliphatic carbocycles. The second kappa shape index (κ2) is 6.80. The van der Waals surface area contributed by atoms with Crippen LogP contribution in [-0.2, 0) is 10.0 Å². The third kappa shape index (κ3) is 4.43. The predicted molar refractivity (Wildman–Crippen MR) is 71.8 cm³/mol. The van der Waals surface area contributed by atoms with Gasteiger partial charge in [0.25, 0.3) is 5.69 Å². The van der Waals surface area contributed by atoms with Gasteiger partial charge in [-0.2, -0.15) is 0 Å². The summed E-state index contributed by atoms with van der Waals surface area (Å²) in [5.41, 5.74) is -0.500. The second-order valence-electron chi connectivity index (χ2n) is 3.62. The molecular weight excluding hydrogens is 294 g/mol. The summed E-state index contributed by atoms with van der Waals surface area (Å²) in [6.07, 6.45) is 0. The highest BCUT2D eigenvalue weighted by atomic mass is 35.5. The van der Waals surface area contributed by atoms with Crippen molar-refractivity contribution in [1.82, 2.24) is 10.0 Å². The molecule has 0 bridgehead atoms. The molecule has 0 heterocycles. The van der Waals surface area contributed by atoms with Gasteiger partial charge in [-0.15, -0.1) is 0 Å². The van der Waals surface area contributed by atoms with Crippen LogP contribution in [0.25, 0.3) is 0 Å². The first-order chi connectivity index (χ1) is 8.88. The average molecular weight is 308 g/mol. The van der Waals surface area contributed by atoms with Crippen molar-refractivity contribution in [3.63, 3.8) is 0 Å². The van der Waals surface area contributed by atoms with Crippen molar-refractivity contribution in [3.8, 4) is 0 Å². The van der Waals surface area contributed by atoms with E-state index >= 15 is 0 Å². The van der Waals surface area contributed by atoms with Crippen LogP contribution >= 0.6 is 11.6 Å². The molecule has 0 unspecified atom stereocenters. The summed E-state index contributed by atoms with van der Waals surface area (Å²) in [5, 5.41) is 13.9. The number of nitrogens with zero attached hydrogens (tertiary/aromatic N) is 1. The van der Waals surface area contributed by atoms with Crippen LogP contribution in [0.5, 0.6) is 0 Å². The van der Waals surface area contributed by atoms with Gasteiger partial charge in [0.05, 0.1) is 4.92 Å². The lowest BCUT2D eigenvalue weighted by Gasteiger charge is -2.07. The van der Waals surface area contributed by atoms with Gasteiger partial charge in [0.1, 0.15) is 0 Å². The highest BCUT2D eigenvalue weighted by Crippen LogP contribution is 2.26. The zero-order valence-electron chi connectivity index (χ0n) is 10.2. The molecule has 2 N–H and O–H groups in total. The molecule has 19 heavy (non-hydrogen) atoms. The van der Waals surface area contributed by atoms with E-state index in [1.54, 1.807) is 0 Å². The fourth-order valence-electron chi connectivity index (χ4n) is 1.38. The minimum absolute atomic E-state index is 0.123. The van der Waals surface area contributed by atoms with Gasteiger partial charge in [0.15, 0.2) is 4.90 Å². The minimum atomic E-state index is -3.96. The summed E-state index contributed by atoms with van der Waals surface area (Å²) < 4.78 is 26.2. The Bertz CT molecular complexity index is 562. The van der Waals surface area contributed by atoms with Gasteiger partial charge in [-0.25, -0.2) is 13.1 Å². The molecule has 106 valence electrons. The molecule has 0 saturated heterocycles. The number of hydrogen-bond donors (Lipinski definition) is 2. The summed E-state index contributed by atoms with van der Waals surface area (Å²) in [7, 11) is -3.96. The fraction of sp³-hybridized carbons (Fsp3) is 0.400. The van der Waals surface area contributed by atoms with Crippen molar-refractivity contribution in [2.45, 2.75) is 11.8 Å². The Balaban J connectivity index is 3.00. The van der Waals surface area contributed by atoms with Gasteiger partial charge in [-0.1, -0.05) is 18.5 Å². The Labute approximate surface area is 116 Å². The summed E-state index contributed by atoms with van der Waals surface area (Å²) in [4.78, 5) is 9.63. The largest absolute Gasteiger partial charge is 0.316 e. The summed E-state index contributed by atoms with van der Waals surface area (Å²) in [6.45, 7) is 3.17. The van der Waals surface area contributed by atoms with E-state index in [4.69, 9.17) is 11.6 Å². The summed E-state index contributed by atoms with van der Waals surface area (Å²) in [5.74, 6) is 0. The lowest BCUT2D eigenvalue weighted by Crippen LogP contribution is -2.32. The van der Waals surface area contributed by atoms with E-state index in [-0.39, 0.29) is 11.6 Å². The molecule has 1 aromatic carbocycles. The smallest absolute Gasteiger partial charge is 0.289 e. The first-order valence-corrected chi connectivity index (χ1v) is 7.39. The van der Waals surface area contributed by atoms with E-state index in [1.165, 1.54) is 6.07 Å². The lowest BCUT2D eigenvalue weighted by atomic mass is 10.3. The number of nitrogens with one attached hydrogen (secondary N) is 2. The van der Waals surface area contributed by atoms with E-state index < -0.39 is 25.5 Å². The number of nitro groups is 1. The molecular formula is C10H14ClN3O4S. The van der Waals surface area contributed by atoms with Gasteiger partial charge in [0.2, 0.25) is 10.0 Å². The standard InChI is InChI=1S/C10H14ClN3O4S/c1-2-12-5-6-13-19(17,18)10-7-8(11)3-4-9(10)14(15)16/h3-4,7,12-13H,2,5-6H2,1H3. The molecule has 0 aliphatic rings. The van der Waals surface area contributed by atoms with Crippen LogP contribution in [0.3, 0.4) is 0 Å². The van der Waals surface area contributed by atoms with Gasteiger partial charge in [-0.3, -0.25) is 10.1 Å². The van der Waals surface area contributed by atoms with Gasteiger partial charge in [-0.05, 0) is 18.7 Å². The summed E-state index contributed by atoms with van der Waals surface area (Å²) in [6, 6.07) is 3.41. The highest BCUT2D eigenvalue weighted by molar-refractivity contribution is 7.89. The van der Waals surface area contributed by atoms with E-state index in [0.29, 0.717) is 13.1 Å². The highest BCUT2D eigenvalue weighted by Gasteiger charge is 2.25. The number of hydrogen-bond acceptors (Lipinski definition) is 5. The first kappa shape index (κ1) is 15.8. The SMILES string of the molecule is CCNCCNS(=O)(=O)c1cc(Cl)ccc1[N+](=O)[O-]. The molecule has 0 aromatic heterocycles. The fourth-order valence-corrected chi connectivity index (χ4v) is 2.85. The molecule has 0 amide bonds. The topological polar surface area (TPSA) is 101 Å². The number of rotatable bonds is 7. The molecule has 0 atom stereocenters. The van der Waals surface area contributed by atoms with Crippen molar-refractivity contribution < 1.29 is 13.3 Å². The van der Waals surface area contributed by atoms with Crippen LogP contribution in [0.4, 0.5) is 5.69 Å². The Hall–Kier alpha value is -1.22. The molecule has 0 fully saturated rings. The van der Waals surface area contributed by atoms with Crippen LogP contribution in [0.2, 0.25) is 5.02 Å².